The van der Waals surface area contributed by atoms with Crippen molar-refractivity contribution in [1.29, 1.82) is 0 Å². The lowest BCUT2D eigenvalue weighted by atomic mass is 10.1. The number of hydrogen-bond acceptors (Lipinski definition) is 2. The Bertz CT molecular complexity index is 569. The van der Waals surface area contributed by atoms with Gasteiger partial charge in [0.15, 0.2) is 0 Å². The van der Waals surface area contributed by atoms with Crippen LogP contribution < -0.4 is 10.6 Å². The quantitative estimate of drug-likeness (QED) is 0.654. The highest BCUT2D eigenvalue weighted by Gasteiger charge is 2.08. The molecule has 6 heteroatoms. The first kappa shape index (κ1) is 11.7. The van der Waals surface area contributed by atoms with Crippen molar-refractivity contribution in [2.75, 3.05) is 10.6 Å². The molecular weight excluding hydrogens is 236 g/mol. The molecule has 0 aromatic heterocycles. The highest BCUT2D eigenvalue weighted by atomic mass is 16.4. The SMILES string of the molecule is O=C(O)Nc1cccc2c(NC(=O)O)cccc12. The molecular formula is C12H10N2O4. The monoisotopic (exact) mass is 246 g/mol. The van der Waals surface area contributed by atoms with Gasteiger partial charge in [-0.05, 0) is 12.1 Å². The molecule has 92 valence electrons. The van der Waals surface area contributed by atoms with Crippen LogP contribution in [0, 0.1) is 0 Å². The number of benzene rings is 2. The molecule has 2 amide bonds. The van der Waals surface area contributed by atoms with Crippen LogP contribution in [0.1, 0.15) is 0 Å². The summed E-state index contributed by atoms with van der Waals surface area (Å²) in [5.74, 6) is 0. The van der Waals surface area contributed by atoms with Crippen LogP contribution in [0.4, 0.5) is 21.0 Å². The van der Waals surface area contributed by atoms with Crippen LogP contribution in [0.25, 0.3) is 10.8 Å². The van der Waals surface area contributed by atoms with E-state index in [1.54, 1.807) is 36.4 Å². The molecule has 4 N–H and O–H groups in total. The van der Waals surface area contributed by atoms with E-state index in [1.165, 1.54) is 0 Å². The number of carbonyl (C=O) groups is 2. The van der Waals surface area contributed by atoms with Crippen LogP contribution in [0.2, 0.25) is 0 Å². The summed E-state index contributed by atoms with van der Waals surface area (Å²) in [4.78, 5) is 21.3. The molecule has 2 aromatic rings. The Morgan fingerprint density at radius 3 is 1.50 bits per heavy atom. The van der Waals surface area contributed by atoms with Crippen LogP contribution in [-0.4, -0.2) is 22.4 Å². The Morgan fingerprint density at radius 2 is 1.17 bits per heavy atom. The Hall–Kier alpha value is -2.76. The van der Waals surface area contributed by atoms with E-state index in [9.17, 15) is 9.59 Å². The summed E-state index contributed by atoms with van der Waals surface area (Å²) >= 11 is 0. The van der Waals surface area contributed by atoms with Crippen molar-refractivity contribution in [3.63, 3.8) is 0 Å². The van der Waals surface area contributed by atoms with Gasteiger partial charge in [0, 0.05) is 10.8 Å². The summed E-state index contributed by atoms with van der Waals surface area (Å²) in [6, 6.07) is 9.96. The lowest BCUT2D eigenvalue weighted by Gasteiger charge is -2.09. The fraction of sp³-hybridized carbons (Fsp3) is 0. The van der Waals surface area contributed by atoms with Gasteiger partial charge in [0.1, 0.15) is 0 Å². The largest absolute Gasteiger partial charge is 0.465 e. The van der Waals surface area contributed by atoms with E-state index in [1.807, 2.05) is 0 Å². The van der Waals surface area contributed by atoms with Gasteiger partial charge in [0.25, 0.3) is 0 Å². The van der Waals surface area contributed by atoms with Crippen LogP contribution in [0.3, 0.4) is 0 Å². The number of anilines is 2. The molecule has 0 radical (unpaired) electrons. The Kier molecular flexibility index (Phi) is 3.01. The standard InChI is InChI=1S/C12H10N2O4/c15-11(16)13-9-5-1-3-7-8(9)4-2-6-10(7)14-12(17)18/h1-6,13-14H,(H,15,16)(H,17,18). The van der Waals surface area contributed by atoms with Crippen LogP contribution in [0.5, 0.6) is 0 Å². The van der Waals surface area contributed by atoms with Gasteiger partial charge in [0.2, 0.25) is 0 Å². The molecule has 2 rings (SSSR count). The number of nitrogens with one attached hydrogen (secondary N) is 2. The molecule has 0 bridgehead atoms. The average Bonchev–Trinajstić information content (AvgIpc) is 2.29. The smallest absolute Gasteiger partial charge is 0.409 e. The predicted octanol–water partition coefficient (Wildman–Crippen LogP) is 3.02. The van der Waals surface area contributed by atoms with Crippen LogP contribution >= 0.6 is 0 Å². The molecule has 0 fully saturated rings. The first-order valence-corrected chi connectivity index (χ1v) is 5.09. The van der Waals surface area contributed by atoms with Crippen molar-refractivity contribution < 1.29 is 19.8 Å². The highest BCUT2D eigenvalue weighted by Crippen LogP contribution is 2.29. The third kappa shape index (κ3) is 2.32. The second-order valence-electron chi connectivity index (χ2n) is 3.57. The highest BCUT2D eigenvalue weighted by molar-refractivity contribution is 6.07. The predicted molar refractivity (Wildman–Crippen MR) is 67.2 cm³/mol. The summed E-state index contributed by atoms with van der Waals surface area (Å²) in [7, 11) is 0. The Labute approximate surface area is 102 Å². The molecule has 0 aliphatic heterocycles. The topological polar surface area (TPSA) is 98.7 Å². The lowest BCUT2D eigenvalue weighted by Crippen LogP contribution is -2.09. The zero-order valence-electron chi connectivity index (χ0n) is 9.18. The van der Waals surface area contributed by atoms with Crippen molar-refractivity contribution in [3.05, 3.63) is 36.4 Å². The van der Waals surface area contributed by atoms with Gasteiger partial charge >= 0.3 is 12.2 Å². The fourth-order valence-corrected chi connectivity index (χ4v) is 1.76. The first-order valence-electron chi connectivity index (χ1n) is 5.09. The third-order valence-corrected chi connectivity index (χ3v) is 2.41. The Morgan fingerprint density at radius 1 is 0.778 bits per heavy atom. The van der Waals surface area contributed by atoms with E-state index in [0.717, 1.165) is 0 Å². The zero-order valence-corrected chi connectivity index (χ0v) is 9.18. The van der Waals surface area contributed by atoms with E-state index in [2.05, 4.69) is 10.6 Å². The molecule has 0 aliphatic carbocycles. The van der Waals surface area contributed by atoms with Crippen molar-refractivity contribution in [3.8, 4) is 0 Å². The lowest BCUT2D eigenvalue weighted by molar-refractivity contribution is 0.208. The number of rotatable bonds is 2. The second kappa shape index (κ2) is 4.62. The number of carboxylic acid groups (broad SMARTS) is 2. The van der Waals surface area contributed by atoms with E-state index < -0.39 is 12.2 Å². The number of hydrogen-bond donors (Lipinski definition) is 4. The zero-order chi connectivity index (χ0) is 13.1. The Balaban J connectivity index is 2.57. The maximum absolute atomic E-state index is 10.7. The van der Waals surface area contributed by atoms with Gasteiger partial charge in [-0.25, -0.2) is 9.59 Å². The maximum Gasteiger partial charge on any atom is 0.409 e. The van der Waals surface area contributed by atoms with E-state index in [0.29, 0.717) is 22.1 Å². The molecule has 0 saturated carbocycles. The molecule has 0 atom stereocenters. The minimum Gasteiger partial charge on any atom is -0.465 e. The van der Waals surface area contributed by atoms with Gasteiger partial charge in [-0.1, -0.05) is 24.3 Å². The minimum atomic E-state index is -1.17. The second-order valence-corrected chi connectivity index (χ2v) is 3.57. The molecule has 0 spiro atoms. The average molecular weight is 246 g/mol. The fourth-order valence-electron chi connectivity index (χ4n) is 1.76. The van der Waals surface area contributed by atoms with E-state index >= 15 is 0 Å². The summed E-state index contributed by atoms with van der Waals surface area (Å²) in [5, 5.41) is 23.2. The number of fused-ring (bicyclic) bond motifs is 1. The molecule has 0 heterocycles. The van der Waals surface area contributed by atoms with E-state index in [4.69, 9.17) is 10.2 Å². The van der Waals surface area contributed by atoms with Crippen LogP contribution in [-0.2, 0) is 0 Å². The minimum absolute atomic E-state index is 0.411. The normalized spacial score (nSPS) is 10.0. The molecule has 0 aliphatic rings. The molecule has 18 heavy (non-hydrogen) atoms. The summed E-state index contributed by atoms with van der Waals surface area (Å²) in [5.41, 5.74) is 0.822. The summed E-state index contributed by atoms with van der Waals surface area (Å²) in [6.07, 6.45) is -2.34. The number of amides is 2. The molecule has 2 aromatic carbocycles. The van der Waals surface area contributed by atoms with E-state index in [-0.39, 0.29) is 0 Å². The summed E-state index contributed by atoms with van der Waals surface area (Å²) < 4.78 is 0. The van der Waals surface area contributed by atoms with Gasteiger partial charge in [-0.3, -0.25) is 10.6 Å². The first-order chi connectivity index (χ1) is 8.58. The van der Waals surface area contributed by atoms with Gasteiger partial charge < -0.3 is 10.2 Å². The van der Waals surface area contributed by atoms with Gasteiger partial charge in [-0.15, -0.1) is 0 Å². The van der Waals surface area contributed by atoms with Gasteiger partial charge in [0.05, 0.1) is 11.4 Å². The molecule has 0 unspecified atom stereocenters. The van der Waals surface area contributed by atoms with Crippen molar-refractivity contribution in [2.45, 2.75) is 0 Å². The third-order valence-electron chi connectivity index (χ3n) is 2.41. The van der Waals surface area contributed by atoms with Gasteiger partial charge in [-0.2, -0.15) is 0 Å². The summed E-state index contributed by atoms with van der Waals surface area (Å²) in [6.45, 7) is 0. The molecule has 6 nitrogen and oxygen atoms in total. The van der Waals surface area contributed by atoms with Crippen molar-refractivity contribution in [1.82, 2.24) is 0 Å². The van der Waals surface area contributed by atoms with Crippen molar-refractivity contribution in [2.24, 2.45) is 0 Å². The molecule has 0 saturated heterocycles. The van der Waals surface area contributed by atoms with Crippen LogP contribution in [0.15, 0.2) is 36.4 Å². The maximum atomic E-state index is 10.7. The van der Waals surface area contributed by atoms with Crippen molar-refractivity contribution >= 4 is 34.3 Å².